The van der Waals surface area contributed by atoms with Crippen molar-refractivity contribution in [1.29, 1.82) is 0 Å². The van der Waals surface area contributed by atoms with Gasteiger partial charge in [0.05, 0.1) is 13.2 Å². The molecule has 0 spiro atoms. The van der Waals surface area contributed by atoms with Crippen molar-refractivity contribution >= 4 is 5.82 Å². The third-order valence-corrected chi connectivity index (χ3v) is 2.74. The van der Waals surface area contributed by atoms with E-state index in [1.165, 1.54) is 6.07 Å². The maximum atomic E-state index is 11.4. The van der Waals surface area contributed by atoms with Crippen molar-refractivity contribution in [3.63, 3.8) is 0 Å². The van der Waals surface area contributed by atoms with Crippen LogP contribution in [0.4, 0.5) is 5.82 Å². The van der Waals surface area contributed by atoms with Crippen molar-refractivity contribution in [2.75, 3.05) is 25.1 Å². The first kappa shape index (κ1) is 12.8. The number of aromatic nitrogens is 2. The number of anilines is 1. The van der Waals surface area contributed by atoms with E-state index < -0.39 is 0 Å². The first-order chi connectivity index (χ1) is 8.79. The molecule has 1 aliphatic carbocycles. The number of hydrogen-bond donors (Lipinski definition) is 2. The number of aromatic amines is 1. The Kier molecular flexibility index (Phi) is 4.52. The molecule has 0 aromatic carbocycles. The summed E-state index contributed by atoms with van der Waals surface area (Å²) in [6.45, 7) is 5.55. The molecule has 0 amide bonds. The van der Waals surface area contributed by atoms with E-state index in [0.717, 1.165) is 25.1 Å². The van der Waals surface area contributed by atoms with Crippen molar-refractivity contribution in [2.24, 2.45) is 0 Å². The van der Waals surface area contributed by atoms with E-state index in [1.807, 2.05) is 6.08 Å². The molecule has 0 aliphatic heterocycles. The van der Waals surface area contributed by atoms with Crippen molar-refractivity contribution in [1.82, 2.24) is 9.97 Å². The van der Waals surface area contributed by atoms with Gasteiger partial charge in [-0.2, -0.15) is 0 Å². The van der Waals surface area contributed by atoms with E-state index in [9.17, 15) is 4.79 Å². The van der Waals surface area contributed by atoms with Crippen LogP contribution in [-0.2, 0) is 4.74 Å². The standard InChI is InChI=1S/C13H19N3O2/c1-2-3-7-18-8-6-14-11-9-12(17)16-13(15-11)10-4-5-10/h2,9-10H,1,3-8H2,(H2,14,15,16,17). The minimum atomic E-state index is -0.0954. The Hall–Kier alpha value is -1.62. The highest BCUT2D eigenvalue weighted by Gasteiger charge is 2.26. The fraction of sp³-hybridized carbons (Fsp3) is 0.538. The molecule has 1 saturated carbocycles. The summed E-state index contributed by atoms with van der Waals surface area (Å²) >= 11 is 0. The summed E-state index contributed by atoms with van der Waals surface area (Å²) in [5.74, 6) is 1.88. The smallest absolute Gasteiger partial charge is 0.252 e. The zero-order valence-electron chi connectivity index (χ0n) is 10.4. The zero-order chi connectivity index (χ0) is 12.8. The molecule has 2 rings (SSSR count). The minimum Gasteiger partial charge on any atom is -0.379 e. The third-order valence-electron chi connectivity index (χ3n) is 2.74. The molecule has 18 heavy (non-hydrogen) atoms. The first-order valence-corrected chi connectivity index (χ1v) is 6.33. The first-order valence-electron chi connectivity index (χ1n) is 6.33. The average molecular weight is 249 g/mol. The molecule has 0 bridgehead atoms. The van der Waals surface area contributed by atoms with Crippen LogP contribution in [-0.4, -0.2) is 29.7 Å². The number of hydrogen-bond acceptors (Lipinski definition) is 4. The second-order valence-electron chi connectivity index (χ2n) is 4.41. The molecule has 1 fully saturated rings. The highest BCUT2D eigenvalue weighted by molar-refractivity contribution is 5.33. The molecule has 0 unspecified atom stereocenters. The maximum absolute atomic E-state index is 11.4. The lowest BCUT2D eigenvalue weighted by Gasteiger charge is -2.07. The average Bonchev–Trinajstić information content (AvgIpc) is 3.17. The van der Waals surface area contributed by atoms with E-state index >= 15 is 0 Å². The monoisotopic (exact) mass is 249 g/mol. The lowest BCUT2D eigenvalue weighted by Crippen LogP contribution is -2.16. The van der Waals surface area contributed by atoms with Gasteiger partial charge < -0.3 is 15.0 Å². The lowest BCUT2D eigenvalue weighted by atomic mass is 10.4. The fourth-order valence-corrected chi connectivity index (χ4v) is 1.64. The molecule has 5 nitrogen and oxygen atoms in total. The Morgan fingerprint density at radius 1 is 1.56 bits per heavy atom. The number of nitrogens with zero attached hydrogens (tertiary/aromatic N) is 1. The van der Waals surface area contributed by atoms with Crippen LogP contribution in [0, 0.1) is 0 Å². The zero-order valence-corrected chi connectivity index (χ0v) is 10.4. The van der Waals surface area contributed by atoms with Crippen molar-refractivity contribution in [3.8, 4) is 0 Å². The van der Waals surface area contributed by atoms with Gasteiger partial charge in [0.2, 0.25) is 0 Å². The Bertz CT molecular complexity index is 452. The van der Waals surface area contributed by atoms with Crippen LogP contribution in [0.25, 0.3) is 0 Å². The molecule has 5 heteroatoms. The Balaban J connectivity index is 1.78. The number of nitrogens with one attached hydrogen (secondary N) is 2. The van der Waals surface area contributed by atoms with E-state index in [1.54, 1.807) is 0 Å². The minimum absolute atomic E-state index is 0.0954. The van der Waals surface area contributed by atoms with Crippen molar-refractivity contribution in [3.05, 3.63) is 34.9 Å². The summed E-state index contributed by atoms with van der Waals surface area (Å²) in [5.41, 5.74) is -0.0954. The van der Waals surface area contributed by atoms with Gasteiger partial charge in [-0.25, -0.2) is 4.98 Å². The van der Waals surface area contributed by atoms with Gasteiger partial charge in [-0.1, -0.05) is 6.08 Å². The topological polar surface area (TPSA) is 67.0 Å². The quantitative estimate of drug-likeness (QED) is 0.543. The van der Waals surface area contributed by atoms with E-state index in [2.05, 4.69) is 21.9 Å². The molecule has 1 aromatic rings. The van der Waals surface area contributed by atoms with Crippen LogP contribution in [0.15, 0.2) is 23.5 Å². The highest BCUT2D eigenvalue weighted by Crippen LogP contribution is 2.37. The SMILES string of the molecule is C=CCCOCCNc1cc(=O)[nH]c(C2CC2)n1. The summed E-state index contributed by atoms with van der Waals surface area (Å²) in [6, 6.07) is 1.48. The van der Waals surface area contributed by atoms with Gasteiger partial charge in [-0.15, -0.1) is 6.58 Å². The number of ether oxygens (including phenoxy) is 1. The Morgan fingerprint density at radius 3 is 3.11 bits per heavy atom. The van der Waals surface area contributed by atoms with E-state index in [0.29, 0.717) is 31.5 Å². The maximum Gasteiger partial charge on any atom is 0.252 e. The number of rotatable bonds is 8. The predicted octanol–water partition coefficient (Wildman–Crippen LogP) is 1.65. The molecule has 98 valence electrons. The predicted molar refractivity (Wildman–Crippen MR) is 71.0 cm³/mol. The summed E-state index contributed by atoms with van der Waals surface area (Å²) in [5, 5.41) is 3.10. The largest absolute Gasteiger partial charge is 0.379 e. The summed E-state index contributed by atoms with van der Waals surface area (Å²) in [4.78, 5) is 18.6. The van der Waals surface area contributed by atoms with Crippen LogP contribution in [0.2, 0.25) is 0 Å². The Labute approximate surface area is 106 Å². The second kappa shape index (κ2) is 6.35. The van der Waals surface area contributed by atoms with Gasteiger partial charge in [-0.3, -0.25) is 4.79 Å². The molecule has 0 saturated heterocycles. The van der Waals surface area contributed by atoms with Gasteiger partial charge in [-0.05, 0) is 19.3 Å². The van der Waals surface area contributed by atoms with Crippen LogP contribution < -0.4 is 10.9 Å². The molecule has 2 N–H and O–H groups in total. The molecule has 1 aromatic heterocycles. The normalized spacial score (nSPS) is 14.4. The molecule has 0 radical (unpaired) electrons. The van der Waals surface area contributed by atoms with Gasteiger partial charge in [0.15, 0.2) is 0 Å². The van der Waals surface area contributed by atoms with Crippen LogP contribution in [0.3, 0.4) is 0 Å². The highest BCUT2D eigenvalue weighted by atomic mass is 16.5. The second-order valence-corrected chi connectivity index (χ2v) is 4.41. The molecular weight excluding hydrogens is 230 g/mol. The van der Waals surface area contributed by atoms with Crippen LogP contribution >= 0.6 is 0 Å². The van der Waals surface area contributed by atoms with Crippen molar-refractivity contribution < 1.29 is 4.74 Å². The van der Waals surface area contributed by atoms with Crippen LogP contribution in [0.5, 0.6) is 0 Å². The van der Waals surface area contributed by atoms with Gasteiger partial charge in [0.1, 0.15) is 11.6 Å². The number of H-pyrrole nitrogens is 1. The fourth-order valence-electron chi connectivity index (χ4n) is 1.64. The Morgan fingerprint density at radius 2 is 2.39 bits per heavy atom. The van der Waals surface area contributed by atoms with E-state index in [-0.39, 0.29) is 5.56 Å². The van der Waals surface area contributed by atoms with E-state index in [4.69, 9.17) is 4.74 Å². The third kappa shape index (κ3) is 4.00. The van der Waals surface area contributed by atoms with Gasteiger partial charge in [0.25, 0.3) is 5.56 Å². The van der Waals surface area contributed by atoms with Gasteiger partial charge >= 0.3 is 0 Å². The van der Waals surface area contributed by atoms with Gasteiger partial charge in [0, 0.05) is 18.5 Å². The lowest BCUT2D eigenvalue weighted by molar-refractivity contribution is 0.149. The summed E-state index contributed by atoms with van der Waals surface area (Å²) in [7, 11) is 0. The molecule has 1 aliphatic rings. The molecule has 0 atom stereocenters. The van der Waals surface area contributed by atoms with Crippen LogP contribution in [0.1, 0.15) is 31.0 Å². The summed E-state index contributed by atoms with van der Waals surface area (Å²) in [6.07, 6.45) is 4.93. The van der Waals surface area contributed by atoms with Crippen molar-refractivity contribution in [2.45, 2.75) is 25.2 Å². The summed E-state index contributed by atoms with van der Waals surface area (Å²) < 4.78 is 5.37. The molecule has 1 heterocycles. The molecular formula is C13H19N3O2.